The molecule has 0 aliphatic heterocycles. The summed E-state index contributed by atoms with van der Waals surface area (Å²) >= 11 is 0. The van der Waals surface area contributed by atoms with Crippen LogP contribution >= 0.6 is 0 Å². The summed E-state index contributed by atoms with van der Waals surface area (Å²) in [7, 11) is 1.44. The maximum Gasteiger partial charge on any atom is 0.338 e. The fourth-order valence-electron chi connectivity index (χ4n) is 3.64. The van der Waals surface area contributed by atoms with Crippen molar-refractivity contribution in [2.24, 2.45) is 0 Å². The van der Waals surface area contributed by atoms with E-state index in [9.17, 15) is 19.2 Å². The first-order valence-electron chi connectivity index (χ1n) is 11.6. The second-order valence-corrected chi connectivity index (χ2v) is 8.06. The molecule has 0 atom stereocenters. The number of aromatic amines is 1. The lowest BCUT2D eigenvalue weighted by Crippen LogP contribution is -2.44. The van der Waals surface area contributed by atoms with Gasteiger partial charge in [-0.05, 0) is 29.7 Å². The molecule has 0 saturated carbocycles. The molecule has 190 valence electrons. The maximum atomic E-state index is 13.0. The topological polar surface area (TPSA) is 137 Å². The zero-order chi connectivity index (χ0) is 26.1. The van der Waals surface area contributed by atoms with E-state index < -0.39 is 29.7 Å². The number of methoxy groups -OCH3 is 1. The molecule has 10 nitrogen and oxygen atoms in total. The first kappa shape index (κ1) is 26.4. The highest BCUT2D eigenvalue weighted by Crippen LogP contribution is 2.20. The molecule has 0 fully saturated rings. The summed E-state index contributed by atoms with van der Waals surface area (Å²) in [5.74, 6) is -1.51. The van der Waals surface area contributed by atoms with Gasteiger partial charge in [-0.3, -0.25) is 24.0 Å². The predicted molar refractivity (Wildman–Crippen MR) is 137 cm³/mol. The Bertz CT molecular complexity index is 1300. The molecule has 0 aliphatic rings. The maximum absolute atomic E-state index is 13.0. The van der Waals surface area contributed by atoms with Crippen molar-refractivity contribution in [1.82, 2.24) is 9.55 Å². The number of aromatic nitrogens is 2. The number of H-pyrrole nitrogens is 1. The minimum atomic E-state index is -0.808. The largest absolute Gasteiger partial charge is 0.452 e. The Morgan fingerprint density at radius 1 is 1.03 bits per heavy atom. The monoisotopic (exact) mass is 494 g/mol. The molecule has 0 bridgehead atoms. The Balaban J connectivity index is 1.77. The van der Waals surface area contributed by atoms with E-state index in [1.807, 2.05) is 37.3 Å². The van der Waals surface area contributed by atoms with Crippen LogP contribution in [0.25, 0.3) is 11.1 Å². The van der Waals surface area contributed by atoms with Crippen LogP contribution in [0, 0.1) is 0 Å². The molecule has 0 aliphatic carbocycles. The second kappa shape index (κ2) is 12.5. The number of nitrogens with one attached hydrogen (secondary N) is 1. The summed E-state index contributed by atoms with van der Waals surface area (Å²) in [4.78, 5) is 53.7. The zero-order valence-electron chi connectivity index (χ0n) is 20.4. The highest BCUT2D eigenvalue weighted by atomic mass is 16.5. The minimum absolute atomic E-state index is 0.0298. The molecule has 1 heterocycles. The van der Waals surface area contributed by atoms with Gasteiger partial charge in [-0.25, -0.2) is 9.59 Å². The number of nitrogens with zero attached hydrogens (tertiary/aromatic N) is 2. The van der Waals surface area contributed by atoms with E-state index in [1.54, 1.807) is 24.3 Å². The number of rotatable bonds is 11. The molecule has 2 aromatic carbocycles. The van der Waals surface area contributed by atoms with Gasteiger partial charge < -0.3 is 15.2 Å². The lowest BCUT2D eigenvalue weighted by molar-refractivity contribution is -0.121. The Labute approximate surface area is 208 Å². The summed E-state index contributed by atoms with van der Waals surface area (Å²) in [5, 5.41) is 0. The van der Waals surface area contributed by atoms with E-state index in [0.717, 1.165) is 22.4 Å². The number of carbonyl (C=O) groups is 2. The predicted octanol–water partition coefficient (Wildman–Crippen LogP) is 2.42. The normalized spacial score (nSPS) is 10.7. The van der Waals surface area contributed by atoms with Gasteiger partial charge in [-0.15, -0.1) is 0 Å². The van der Waals surface area contributed by atoms with Gasteiger partial charge in [0, 0.05) is 20.2 Å². The minimum Gasteiger partial charge on any atom is -0.452 e. The third kappa shape index (κ3) is 6.28. The third-order valence-corrected chi connectivity index (χ3v) is 5.59. The third-order valence-electron chi connectivity index (χ3n) is 5.59. The zero-order valence-corrected chi connectivity index (χ0v) is 20.4. The number of hydrogen-bond acceptors (Lipinski definition) is 7. The van der Waals surface area contributed by atoms with E-state index >= 15 is 0 Å². The Kier molecular flexibility index (Phi) is 9.18. The van der Waals surface area contributed by atoms with Crippen LogP contribution < -0.4 is 21.9 Å². The molecular weight excluding hydrogens is 464 g/mol. The summed E-state index contributed by atoms with van der Waals surface area (Å²) in [6, 6.07) is 16.5. The van der Waals surface area contributed by atoms with Crippen molar-refractivity contribution in [1.29, 1.82) is 0 Å². The van der Waals surface area contributed by atoms with Crippen molar-refractivity contribution in [2.45, 2.75) is 26.3 Å². The Morgan fingerprint density at radius 3 is 2.33 bits per heavy atom. The molecule has 3 N–H and O–H groups in total. The number of nitrogens with two attached hydrogens (primary N) is 1. The molecular formula is C26H30N4O6. The van der Waals surface area contributed by atoms with Crippen LogP contribution in [0.2, 0.25) is 0 Å². The molecule has 0 spiro atoms. The molecule has 0 radical (unpaired) electrons. The van der Waals surface area contributed by atoms with Gasteiger partial charge in [-0.1, -0.05) is 55.8 Å². The molecule has 10 heteroatoms. The van der Waals surface area contributed by atoms with Crippen molar-refractivity contribution in [2.75, 3.05) is 37.5 Å². The van der Waals surface area contributed by atoms with Crippen molar-refractivity contribution >= 4 is 23.4 Å². The molecule has 36 heavy (non-hydrogen) atoms. The number of amides is 1. The summed E-state index contributed by atoms with van der Waals surface area (Å²) in [5.41, 5.74) is 6.71. The summed E-state index contributed by atoms with van der Waals surface area (Å²) < 4.78 is 11.5. The van der Waals surface area contributed by atoms with E-state index in [2.05, 4.69) is 4.98 Å². The van der Waals surface area contributed by atoms with Gasteiger partial charge in [0.15, 0.2) is 12.3 Å². The van der Waals surface area contributed by atoms with Crippen LogP contribution in [0.4, 0.5) is 11.5 Å². The van der Waals surface area contributed by atoms with Crippen molar-refractivity contribution in [3.63, 3.8) is 0 Å². The van der Waals surface area contributed by atoms with Gasteiger partial charge in [0.05, 0.1) is 12.2 Å². The molecule has 0 saturated heterocycles. The van der Waals surface area contributed by atoms with Gasteiger partial charge in [0.2, 0.25) is 0 Å². The van der Waals surface area contributed by atoms with E-state index in [-0.39, 0.29) is 36.8 Å². The number of unbranched alkanes of at least 4 members (excludes halogenated alkanes) is 1. The van der Waals surface area contributed by atoms with Crippen LogP contribution in [0.3, 0.4) is 0 Å². The van der Waals surface area contributed by atoms with Crippen molar-refractivity contribution in [3.05, 3.63) is 81.0 Å². The van der Waals surface area contributed by atoms with Gasteiger partial charge >= 0.3 is 11.7 Å². The number of ether oxygens (including phenoxy) is 2. The molecule has 1 amide bonds. The number of anilines is 2. The average molecular weight is 495 g/mol. The molecule has 3 rings (SSSR count). The average Bonchev–Trinajstić information content (AvgIpc) is 2.89. The van der Waals surface area contributed by atoms with E-state index in [4.69, 9.17) is 15.2 Å². The highest BCUT2D eigenvalue weighted by molar-refractivity contribution is 5.98. The fraction of sp³-hybridized carbons (Fsp3) is 0.308. The fourth-order valence-corrected chi connectivity index (χ4v) is 3.64. The lowest BCUT2D eigenvalue weighted by atomic mass is 10.0. The quantitative estimate of drug-likeness (QED) is 0.391. The number of hydrogen-bond donors (Lipinski definition) is 2. The van der Waals surface area contributed by atoms with Gasteiger partial charge in [-0.2, -0.15) is 0 Å². The van der Waals surface area contributed by atoms with E-state index in [0.29, 0.717) is 6.42 Å². The first-order valence-corrected chi connectivity index (χ1v) is 11.6. The van der Waals surface area contributed by atoms with E-state index in [1.165, 1.54) is 11.7 Å². The number of carbonyl (C=O) groups excluding carboxylic acids is 2. The van der Waals surface area contributed by atoms with Crippen LogP contribution in [-0.2, 0) is 20.8 Å². The number of benzene rings is 2. The SMILES string of the molecule is CCCCn1c(N)c(N(CCOC)C(=O)COC(=O)c2ccc(-c3ccccc3)cc2)c(=O)[nH]c1=O. The van der Waals surface area contributed by atoms with Crippen LogP contribution in [-0.4, -0.2) is 48.3 Å². The lowest BCUT2D eigenvalue weighted by Gasteiger charge is -2.24. The molecule has 0 unspecified atom stereocenters. The second-order valence-electron chi connectivity index (χ2n) is 8.06. The number of esters is 1. The highest BCUT2D eigenvalue weighted by Gasteiger charge is 2.25. The summed E-state index contributed by atoms with van der Waals surface area (Å²) in [6.45, 7) is 1.67. The smallest absolute Gasteiger partial charge is 0.338 e. The Morgan fingerprint density at radius 2 is 1.69 bits per heavy atom. The van der Waals surface area contributed by atoms with Crippen LogP contribution in [0.5, 0.6) is 0 Å². The Hall–Kier alpha value is -4.18. The van der Waals surface area contributed by atoms with Crippen molar-refractivity contribution < 1.29 is 19.1 Å². The van der Waals surface area contributed by atoms with Crippen LogP contribution in [0.15, 0.2) is 64.2 Å². The molecule has 1 aromatic heterocycles. The summed E-state index contributed by atoms with van der Waals surface area (Å²) in [6.07, 6.45) is 1.46. The van der Waals surface area contributed by atoms with Crippen LogP contribution in [0.1, 0.15) is 30.1 Å². The van der Waals surface area contributed by atoms with Gasteiger partial charge in [0.25, 0.3) is 11.5 Å². The van der Waals surface area contributed by atoms with Gasteiger partial charge in [0.1, 0.15) is 5.82 Å². The standard InChI is InChI=1S/C26H30N4O6/c1-3-4-14-30-23(27)22(24(32)28-26(30)34)29(15-16-35-2)21(31)17-36-25(33)20-12-10-19(11-13-20)18-8-6-5-7-9-18/h5-13H,3-4,14-17,27H2,1-2H3,(H,28,32,34). The number of nitrogen functional groups attached to an aromatic ring is 1. The molecule has 3 aromatic rings. The first-order chi connectivity index (χ1) is 17.4. The van der Waals surface area contributed by atoms with Crippen molar-refractivity contribution in [3.8, 4) is 11.1 Å².